The topological polar surface area (TPSA) is 85.2 Å². The summed E-state index contributed by atoms with van der Waals surface area (Å²) in [5.74, 6) is 2.02. The molecule has 8 nitrogen and oxygen atoms in total. The Morgan fingerprint density at radius 3 is 3.12 bits per heavy atom. The van der Waals surface area contributed by atoms with Crippen LogP contribution >= 0.6 is 11.6 Å². The predicted octanol–water partition coefficient (Wildman–Crippen LogP) is 0.644. The minimum Gasteiger partial charge on any atom is -0.475 e. The van der Waals surface area contributed by atoms with Gasteiger partial charge in [0.25, 0.3) is 0 Å². The van der Waals surface area contributed by atoms with Crippen molar-refractivity contribution in [2.24, 2.45) is 0 Å². The van der Waals surface area contributed by atoms with Crippen molar-refractivity contribution in [3.63, 3.8) is 0 Å². The van der Waals surface area contributed by atoms with Crippen molar-refractivity contribution in [1.29, 1.82) is 0 Å². The summed E-state index contributed by atoms with van der Waals surface area (Å²) in [6, 6.07) is 3.18. The molecule has 1 atom stereocenters. The molecule has 0 bridgehead atoms. The van der Waals surface area contributed by atoms with Gasteiger partial charge in [-0.3, -0.25) is 9.69 Å². The number of carbonyl (C=O) groups excluding carboxylic acids is 1. The number of rotatable bonds is 5. The highest BCUT2D eigenvalue weighted by Gasteiger charge is 2.30. The van der Waals surface area contributed by atoms with Crippen LogP contribution in [0.5, 0.6) is 5.88 Å². The number of carbonyl (C=O) groups is 1. The minimum absolute atomic E-state index is 0.0491. The van der Waals surface area contributed by atoms with Crippen LogP contribution in [0.4, 0.5) is 0 Å². The lowest BCUT2D eigenvalue weighted by atomic mass is 10.2. The Kier molecular flexibility index (Phi) is 4.96. The Balaban J connectivity index is 1.50. The van der Waals surface area contributed by atoms with E-state index in [-0.39, 0.29) is 11.9 Å². The Labute approximate surface area is 144 Å². The lowest BCUT2D eigenvalue weighted by molar-refractivity contribution is -0.127. The van der Waals surface area contributed by atoms with Gasteiger partial charge in [-0.1, -0.05) is 11.6 Å². The molecule has 1 N–H and O–H groups in total. The summed E-state index contributed by atoms with van der Waals surface area (Å²) in [4.78, 5) is 18.4. The molecule has 2 aromatic heterocycles. The molecule has 1 unspecified atom stereocenters. The van der Waals surface area contributed by atoms with E-state index >= 15 is 0 Å². The van der Waals surface area contributed by atoms with Crippen molar-refractivity contribution in [2.75, 3.05) is 20.2 Å². The highest BCUT2D eigenvalue weighted by atomic mass is 35.5. The number of aryl methyl sites for hydroxylation is 1. The van der Waals surface area contributed by atoms with Crippen LogP contribution in [0.2, 0.25) is 5.02 Å². The molecule has 0 saturated heterocycles. The van der Waals surface area contributed by atoms with E-state index in [1.165, 1.54) is 0 Å². The van der Waals surface area contributed by atoms with Gasteiger partial charge in [-0.15, -0.1) is 10.2 Å². The fourth-order valence-corrected chi connectivity index (χ4v) is 2.80. The zero-order valence-corrected chi connectivity index (χ0v) is 14.3. The Hall–Kier alpha value is -2.19. The third kappa shape index (κ3) is 3.49. The molecular weight excluding hydrogens is 332 g/mol. The number of fused-ring (bicyclic) bond motifs is 1. The molecule has 0 spiro atoms. The van der Waals surface area contributed by atoms with Crippen molar-refractivity contribution < 1.29 is 9.53 Å². The summed E-state index contributed by atoms with van der Waals surface area (Å²) < 4.78 is 7.45. The quantitative estimate of drug-likeness (QED) is 0.797. The van der Waals surface area contributed by atoms with Crippen molar-refractivity contribution in [2.45, 2.75) is 26.1 Å². The molecule has 0 aromatic carbocycles. The van der Waals surface area contributed by atoms with E-state index in [1.54, 1.807) is 18.3 Å². The van der Waals surface area contributed by atoms with E-state index in [0.29, 0.717) is 37.1 Å². The molecule has 24 heavy (non-hydrogen) atoms. The molecule has 0 radical (unpaired) electrons. The SMILES string of the molecule is Cc1nnc2n1CC(C(=O)NCCOc1ncccc1Cl)N(C)C2. The second-order valence-corrected chi connectivity index (χ2v) is 6.04. The summed E-state index contributed by atoms with van der Waals surface area (Å²) in [6.07, 6.45) is 1.61. The molecule has 9 heteroatoms. The number of aromatic nitrogens is 4. The van der Waals surface area contributed by atoms with Gasteiger partial charge < -0.3 is 14.6 Å². The first-order chi connectivity index (χ1) is 11.6. The van der Waals surface area contributed by atoms with Crippen molar-refractivity contribution in [3.8, 4) is 5.88 Å². The fourth-order valence-electron chi connectivity index (χ4n) is 2.63. The van der Waals surface area contributed by atoms with Gasteiger partial charge in [0.05, 0.1) is 19.6 Å². The van der Waals surface area contributed by atoms with Gasteiger partial charge in [0.2, 0.25) is 11.8 Å². The second kappa shape index (κ2) is 7.14. The van der Waals surface area contributed by atoms with Crippen LogP contribution in [0, 0.1) is 6.92 Å². The number of nitrogens with zero attached hydrogens (tertiary/aromatic N) is 5. The van der Waals surface area contributed by atoms with Gasteiger partial charge >= 0.3 is 0 Å². The molecule has 1 amide bonds. The smallest absolute Gasteiger partial charge is 0.239 e. The van der Waals surface area contributed by atoms with Crippen LogP contribution in [0.3, 0.4) is 0 Å². The summed E-state index contributed by atoms with van der Waals surface area (Å²) in [5.41, 5.74) is 0. The number of halogens is 1. The molecule has 0 saturated carbocycles. The summed E-state index contributed by atoms with van der Waals surface area (Å²) in [7, 11) is 1.90. The first-order valence-electron chi connectivity index (χ1n) is 7.66. The zero-order chi connectivity index (χ0) is 17.1. The Morgan fingerprint density at radius 1 is 1.50 bits per heavy atom. The van der Waals surface area contributed by atoms with E-state index in [2.05, 4.69) is 20.5 Å². The van der Waals surface area contributed by atoms with Crippen molar-refractivity contribution in [3.05, 3.63) is 35.0 Å². The zero-order valence-electron chi connectivity index (χ0n) is 13.6. The minimum atomic E-state index is -0.259. The monoisotopic (exact) mass is 350 g/mol. The normalized spacial score (nSPS) is 17.4. The number of hydrogen-bond acceptors (Lipinski definition) is 6. The van der Waals surface area contributed by atoms with E-state index in [4.69, 9.17) is 16.3 Å². The number of hydrogen-bond donors (Lipinski definition) is 1. The number of likely N-dealkylation sites (N-methyl/N-ethyl adjacent to an activating group) is 1. The third-order valence-corrected chi connectivity index (χ3v) is 4.25. The summed E-state index contributed by atoms with van der Waals surface area (Å²) in [6.45, 7) is 3.71. The largest absolute Gasteiger partial charge is 0.475 e. The number of pyridine rings is 1. The fraction of sp³-hybridized carbons (Fsp3) is 0.467. The van der Waals surface area contributed by atoms with Gasteiger partial charge in [-0.25, -0.2) is 4.98 Å². The molecule has 1 aliphatic heterocycles. The molecule has 128 valence electrons. The highest BCUT2D eigenvalue weighted by molar-refractivity contribution is 6.31. The number of amides is 1. The molecule has 3 heterocycles. The first-order valence-corrected chi connectivity index (χ1v) is 8.04. The van der Waals surface area contributed by atoms with Gasteiger partial charge in [-0.05, 0) is 26.1 Å². The van der Waals surface area contributed by atoms with Gasteiger partial charge in [0.15, 0.2) is 0 Å². The molecule has 0 aliphatic carbocycles. The van der Waals surface area contributed by atoms with Crippen LogP contribution < -0.4 is 10.1 Å². The lowest BCUT2D eigenvalue weighted by Gasteiger charge is -2.32. The average molecular weight is 351 g/mol. The summed E-state index contributed by atoms with van der Waals surface area (Å²) >= 11 is 5.96. The van der Waals surface area contributed by atoms with Crippen LogP contribution in [-0.4, -0.2) is 56.8 Å². The molecule has 0 fully saturated rings. The van der Waals surface area contributed by atoms with E-state index in [9.17, 15) is 4.79 Å². The van der Waals surface area contributed by atoms with E-state index in [0.717, 1.165) is 11.6 Å². The van der Waals surface area contributed by atoms with Crippen LogP contribution in [0.15, 0.2) is 18.3 Å². The third-order valence-electron chi connectivity index (χ3n) is 3.96. The number of ether oxygens (including phenoxy) is 1. The number of nitrogens with one attached hydrogen (secondary N) is 1. The average Bonchev–Trinajstić information content (AvgIpc) is 2.92. The second-order valence-electron chi connectivity index (χ2n) is 5.63. The molecular formula is C15H19ClN6O2. The van der Waals surface area contributed by atoms with Crippen molar-refractivity contribution in [1.82, 2.24) is 30.0 Å². The maximum absolute atomic E-state index is 12.4. The maximum atomic E-state index is 12.4. The Morgan fingerprint density at radius 2 is 2.33 bits per heavy atom. The van der Waals surface area contributed by atoms with Crippen molar-refractivity contribution >= 4 is 17.5 Å². The molecule has 1 aliphatic rings. The van der Waals surface area contributed by atoms with E-state index < -0.39 is 0 Å². The lowest BCUT2D eigenvalue weighted by Crippen LogP contribution is -2.51. The highest BCUT2D eigenvalue weighted by Crippen LogP contribution is 2.19. The molecule has 2 aromatic rings. The first kappa shape index (κ1) is 16.7. The van der Waals surface area contributed by atoms with Crippen LogP contribution in [0.1, 0.15) is 11.6 Å². The van der Waals surface area contributed by atoms with Gasteiger partial charge in [0.1, 0.15) is 29.3 Å². The van der Waals surface area contributed by atoms with Gasteiger partial charge in [-0.2, -0.15) is 0 Å². The van der Waals surface area contributed by atoms with E-state index in [1.807, 2.05) is 23.4 Å². The van der Waals surface area contributed by atoms with Crippen LogP contribution in [-0.2, 0) is 17.9 Å². The molecule has 3 rings (SSSR count). The standard InChI is InChI=1S/C15H19ClN6O2/c1-10-19-20-13-9-21(2)12(8-22(10)13)14(23)17-6-7-24-15-11(16)4-3-5-18-15/h3-5,12H,6-9H2,1-2H3,(H,17,23). The summed E-state index contributed by atoms with van der Waals surface area (Å²) in [5, 5.41) is 11.5. The predicted molar refractivity (Wildman–Crippen MR) is 87.8 cm³/mol. The van der Waals surface area contributed by atoms with Gasteiger partial charge in [0, 0.05) is 6.20 Å². The van der Waals surface area contributed by atoms with Crippen LogP contribution in [0.25, 0.3) is 0 Å². The maximum Gasteiger partial charge on any atom is 0.239 e. The Bertz CT molecular complexity index is 735.